The molecule has 0 aliphatic rings. The Morgan fingerprint density at radius 3 is 2.50 bits per heavy atom. The smallest absolute Gasteiger partial charge is 0.348 e. The van der Waals surface area contributed by atoms with Gasteiger partial charge in [-0.1, -0.05) is 0 Å². The van der Waals surface area contributed by atoms with Crippen LogP contribution in [0.5, 0.6) is 0 Å². The summed E-state index contributed by atoms with van der Waals surface area (Å²) in [5, 5.41) is 0. The van der Waals surface area contributed by atoms with Crippen molar-refractivity contribution in [2.24, 2.45) is 0 Å². The lowest BCUT2D eigenvalue weighted by molar-refractivity contribution is -0.685. The monoisotopic (exact) mass is 255 g/mol. The first kappa shape index (κ1) is 14.2. The van der Waals surface area contributed by atoms with E-state index in [1.54, 1.807) is 37.1 Å². The molecule has 0 N–H and O–H groups in total. The first-order valence-corrected chi connectivity index (χ1v) is 6.01. The van der Waals surface area contributed by atoms with Crippen molar-refractivity contribution in [3.8, 4) is 0 Å². The van der Waals surface area contributed by atoms with Crippen LogP contribution in [0.25, 0.3) is 0 Å². The zero-order chi connectivity index (χ0) is 13.4. The number of aryl methyl sites for hydroxylation is 1. The van der Waals surface area contributed by atoms with Gasteiger partial charge in [0.1, 0.15) is 18.9 Å². The van der Waals surface area contributed by atoms with Gasteiger partial charge in [-0.05, 0) is 13.8 Å². The highest BCUT2D eigenvalue weighted by atomic mass is 16.5. The molecule has 0 aliphatic carbocycles. The summed E-state index contributed by atoms with van der Waals surface area (Å²) in [4.78, 5) is 22.4. The number of esters is 2. The number of hydrogen-bond acceptors (Lipinski definition) is 4. The molecule has 0 bridgehead atoms. The fourth-order valence-corrected chi connectivity index (χ4v) is 1.47. The molecule has 0 spiro atoms. The van der Waals surface area contributed by atoms with E-state index >= 15 is 0 Å². The molecule has 1 rings (SSSR count). The number of ether oxygens (including phenoxy) is 2. The van der Waals surface area contributed by atoms with Crippen LogP contribution in [-0.4, -0.2) is 29.7 Å². The van der Waals surface area contributed by atoms with Crippen LogP contribution in [0.2, 0.25) is 0 Å². The molecular weight excluding hydrogens is 236 g/mol. The van der Waals surface area contributed by atoms with E-state index < -0.39 is 0 Å². The average Bonchev–Trinajstić information content (AvgIpc) is 2.75. The molecule has 1 aromatic rings. The molecule has 0 unspecified atom stereocenters. The molecule has 0 saturated heterocycles. The molecule has 100 valence electrons. The molecule has 6 heteroatoms. The van der Waals surface area contributed by atoms with Gasteiger partial charge in [-0.15, -0.1) is 0 Å². The molecule has 0 fully saturated rings. The molecule has 0 aliphatic heterocycles. The van der Waals surface area contributed by atoms with E-state index in [2.05, 4.69) is 0 Å². The Morgan fingerprint density at radius 1 is 1.17 bits per heavy atom. The minimum Gasteiger partial charge on any atom is -0.466 e. The van der Waals surface area contributed by atoms with Crippen molar-refractivity contribution in [2.45, 2.75) is 33.4 Å². The highest BCUT2D eigenvalue weighted by molar-refractivity contribution is 5.69. The maximum Gasteiger partial charge on any atom is 0.348 e. The largest absolute Gasteiger partial charge is 0.466 e. The van der Waals surface area contributed by atoms with Crippen molar-refractivity contribution in [1.29, 1.82) is 0 Å². The summed E-state index contributed by atoms with van der Waals surface area (Å²) in [6, 6.07) is 0. The number of rotatable bonds is 7. The standard InChI is InChI=1S/C12H19N2O4/c1-3-17-11(15)5-6-13-7-8-14(10-13)9-12(16)18-4-2/h7-8,10H,3-6,9H2,1-2H3/q+1. The Labute approximate surface area is 106 Å². The predicted octanol–water partition coefficient (Wildman–Crippen LogP) is 0.292. The molecule has 18 heavy (non-hydrogen) atoms. The zero-order valence-electron chi connectivity index (χ0n) is 10.8. The normalized spacial score (nSPS) is 10.1. The van der Waals surface area contributed by atoms with Crippen molar-refractivity contribution in [3.05, 3.63) is 18.7 Å². The maximum absolute atomic E-state index is 11.2. The summed E-state index contributed by atoms with van der Waals surface area (Å²) in [5.74, 6) is -0.492. The van der Waals surface area contributed by atoms with Crippen molar-refractivity contribution < 1.29 is 23.6 Å². The molecule has 0 radical (unpaired) electrons. The van der Waals surface area contributed by atoms with Crippen LogP contribution < -0.4 is 4.57 Å². The SMILES string of the molecule is CCOC(=O)CCn1cc[n+](CC(=O)OCC)c1. The number of imidazole rings is 1. The summed E-state index contributed by atoms with van der Waals surface area (Å²) < 4.78 is 13.2. The van der Waals surface area contributed by atoms with Gasteiger partial charge in [0.05, 0.1) is 19.6 Å². The lowest BCUT2D eigenvalue weighted by Crippen LogP contribution is -2.36. The van der Waals surface area contributed by atoms with E-state index in [1.807, 2.05) is 4.57 Å². The second-order valence-corrected chi connectivity index (χ2v) is 3.68. The summed E-state index contributed by atoms with van der Waals surface area (Å²) in [6.45, 7) is 5.04. The number of carbonyl (C=O) groups is 2. The fraction of sp³-hybridized carbons (Fsp3) is 0.583. The van der Waals surface area contributed by atoms with Crippen molar-refractivity contribution in [2.75, 3.05) is 13.2 Å². The van der Waals surface area contributed by atoms with Gasteiger partial charge in [0.2, 0.25) is 6.33 Å². The van der Waals surface area contributed by atoms with Crippen LogP contribution in [-0.2, 0) is 32.2 Å². The van der Waals surface area contributed by atoms with Crippen LogP contribution in [0, 0.1) is 0 Å². The van der Waals surface area contributed by atoms with E-state index in [-0.39, 0.29) is 18.5 Å². The first-order valence-electron chi connectivity index (χ1n) is 6.01. The quantitative estimate of drug-likeness (QED) is 0.519. The molecule has 0 amide bonds. The minimum absolute atomic E-state index is 0.181. The Kier molecular flexibility index (Phi) is 5.90. The topological polar surface area (TPSA) is 61.4 Å². The van der Waals surface area contributed by atoms with Gasteiger partial charge in [-0.2, -0.15) is 0 Å². The van der Waals surface area contributed by atoms with E-state index in [1.165, 1.54) is 0 Å². The third-order valence-electron chi connectivity index (χ3n) is 2.24. The summed E-state index contributed by atoms with van der Waals surface area (Å²) in [6.07, 6.45) is 5.65. The maximum atomic E-state index is 11.2. The van der Waals surface area contributed by atoms with Gasteiger partial charge in [0.25, 0.3) is 0 Å². The Bertz CT molecular complexity index is 401. The van der Waals surface area contributed by atoms with Crippen molar-refractivity contribution in [3.63, 3.8) is 0 Å². The van der Waals surface area contributed by atoms with Crippen LogP contribution in [0.3, 0.4) is 0 Å². The van der Waals surface area contributed by atoms with Gasteiger partial charge in [-0.25, -0.2) is 13.9 Å². The Balaban J connectivity index is 2.38. The van der Waals surface area contributed by atoms with Crippen LogP contribution >= 0.6 is 0 Å². The number of carbonyl (C=O) groups excluding carboxylic acids is 2. The average molecular weight is 255 g/mol. The van der Waals surface area contributed by atoms with E-state index in [0.717, 1.165) is 0 Å². The highest BCUT2D eigenvalue weighted by Crippen LogP contribution is 1.93. The molecule has 6 nitrogen and oxygen atoms in total. The van der Waals surface area contributed by atoms with Gasteiger partial charge in [-0.3, -0.25) is 4.79 Å². The van der Waals surface area contributed by atoms with Crippen LogP contribution in [0.4, 0.5) is 0 Å². The van der Waals surface area contributed by atoms with Crippen molar-refractivity contribution in [1.82, 2.24) is 4.57 Å². The van der Waals surface area contributed by atoms with Crippen LogP contribution in [0.1, 0.15) is 20.3 Å². The lowest BCUT2D eigenvalue weighted by Gasteiger charge is -1.99. The lowest BCUT2D eigenvalue weighted by atomic mass is 10.4. The highest BCUT2D eigenvalue weighted by Gasteiger charge is 2.11. The zero-order valence-corrected chi connectivity index (χ0v) is 10.8. The van der Waals surface area contributed by atoms with Crippen LogP contribution in [0.15, 0.2) is 18.7 Å². The van der Waals surface area contributed by atoms with Gasteiger partial charge in [0.15, 0.2) is 6.54 Å². The minimum atomic E-state index is -0.273. The second-order valence-electron chi connectivity index (χ2n) is 3.68. The molecule has 0 aromatic carbocycles. The third kappa shape index (κ3) is 4.99. The Morgan fingerprint density at radius 2 is 1.83 bits per heavy atom. The predicted molar refractivity (Wildman–Crippen MR) is 62.5 cm³/mol. The van der Waals surface area contributed by atoms with E-state index in [0.29, 0.717) is 26.2 Å². The van der Waals surface area contributed by atoms with E-state index in [9.17, 15) is 9.59 Å². The van der Waals surface area contributed by atoms with Gasteiger partial charge >= 0.3 is 11.9 Å². The first-order chi connectivity index (χ1) is 8.65. The molecule has 0 saturated carbocycles. The molecule has 0 atom stereocenters. The summed E-state index contributed by atoms with van der Waals surface area (Å²) in [5.41, 5.74) is 0. The molecule has 1 aromatic heterocycles. The number of aromatic nitrogens is 2. The summed E-state index contributed by atoms with van der Waals surface area (Å²) in [7, 11) is 0. The van der Waals surface area contributed by atoms with E-state index in [4.69, 9.17) is 9.47 Å². The molecular formula is C12H19N2O4+. The third-order valence-corrected chi connectivity index (χ3v) is 2.24. The summed E-state index contributed by atoms with van der Waals surface area (Å²) >= 11 is 0. The number of hydrogen-bond donors (Lipinski definition) is 0. The van der Waals surface area contributed by atoms with Gasteiger partial charge < -0.3 is 9.47 Å². The second kappa shape index (κ2) is 7.47. The Hall–Kier alpha value is -1.85. The van der Waals surface area contributed by atoms with Gasteiger partial charge in [0, 0.05) is 0 Å². The molecule has 1 heterocycles. The number of nitrogens with zero attached hydrogens (tertiary/aromatic N) is 2. The van der Waals surface area contributed by atoms with Crippen molar-refractivity contribution >= 4 is 11.9 Å². The fourth-order valence-electron chi connectivity index (χ4n) is 1.47.